The molecule has 2 atom stereocenters. The number of benzene rings is 2. The molecule has 0 saturated heterocycles. The quantitative estimate of drug-likeness (QED) is 0.565. The van der Waals surface area contributed by atoms with Crippen LogP contribution in [0.1, 0.15) is 44.2 Å². The van der Waals surface area contributed by atoms with Gasteiger partial charge in [-0.1, -0.05) is 49.6 Å². The van der Waals surface area contributed by atoms with Crippen LogP contribution >= 0.6 is 0 Å². The first-order valence-corrected chi connectivity index (χ1v) is 11.0. The standard InChI is InChI=1S/C25H31F2N3O2/c1-5-6-7-20-23(18-10-8-17(2)9-11-18)29-30(22-13-12-19(26)16-21(22)27)25(20,3)24(31)28-14-15-32-4/h8-13,16,20H,5-7,14-15H2,1-4H3,(H,28,31). The maximum Gasteiger partial charge on any atom is 0.248 e. The number of hydrogen-bond acceptors (Lipinski definition) is 4. The van der Waals surface area contributed by atoms with Crippen LogP contribution in [-0.2, 0) is 9.53 Å². The average Bonchev–Trinajstić information content (AvgIpc) is 3.06. The van der Waals surface area contributed by atoms with Gasteiger partial charge in [-0.05, 0) is 38.0 Å². The van der Waals surface area contributed by atoms with Crippen molar-refractivity contribution in [3.63, 3.8) is 0 Å². The SMILES string of the molecule is CCCCC1C(c2ccc(C)cc2)=NN(c2ccc(F)cc2F)C1(C)C(=O)NCCOC. The molecule has 1 heterocycles. The van der Waals surface area contributed by atoms with Crippen molar-refractivity contribution in [2.24, 2.45) is 11.0 Å². The summed E-state index contributed by atoms with van der Waals surface area (Å²) in [6.45, 7) is 6.55. The molecule has 0 radical (unpaired) electrons. The zero-order valence-electron chi connectivity index (χ0n) is 19.1. The third-order valence-electron chi connectivity index (χ3n) is 6.04. The number of amides is 1. The van der Waals surface area contributed by atoms with Crippen molar-refractivity contribution in [2.75, 3.05) is 25.3 Å². The maximum absolute atomic E-state index is 14.9. The molecule has 7 heteroatoms. The van der Waals surface area contributed by atoms with Crippen molar-refractivity contribution in [1.29, 1.82) is 0 Å². The first-order valence-electron chi connectivity index (χ1n) is 11.0. The molecule has 3 rings (SSSR count). The minimum absolute atomic E-state index is 0.0689. The van der Waals surface area contributed by atoms with Crippen LogP contribution in [0.5, 0.6) is 0 Å². The number of hydrazone groups is 1. The summed E-state index contributed by atoms with van der Waals surface area (Å²) >= 11 is 0. The number of anilines is 1. The molecule has 5 nitrogen and oxygen atoms in total. The van der Waals surface area contributed by atoms with Crippen LogP contribution in [0.2, 0.25) is 0 Å². The van der Waals surface area contributed by atoms with Crippen LogP contribution in [0.25, 0.3) is 0 Å². The van der Waals surface area contributed by atoms with E-state index >= 15 is 0 Å². The summed E-state index contributed by atoms with van der Waals surface area (Å²) in [4.78, 5) is 13.5. The van der Waals surface area contributed by atoms with Gasteiger partial charge < -0.3 is 10.1 Å². The van der Waals surface area contributed by atoms with Gasteiger partial charge in [0.2, 0.25) is 5.91 Å². The molecule has 0 saturated carbocycles. The molecule has 1 aliphatic rings. The van der Waals surface area contributed by atoms with E-state index in [2.05, 4.69) is 12.2 Å². The number of nitrogens with zero attached hydrogens (tertiary/aromatic N) is 2. The topological polar surface area (TPSA) is 53.9 Å². The maximum atomic E-state index is 14.9. The summed E-state index contributed by atoms with van der Waals surface area (Å²) in [5, 5.41) is 9.12. The smallest absolute Gasteiger partial charge is 0.248 e. The molecular weight excluding hydrogens is 412 g/mol. The molecule has 2 unspecified atom stereocenters. The Kier molecular flexibility index (Phi) is 7.61. The zero-order chi connectivity index (χ0) is 23.3. The van der Waals surface area contributed by atoms with E-state index in [0.717, 1.165) is 35.7 Å². The fourth-order valence-corrected chi connectivity index (χ4v) is 4.16. The van der Waals surface area contributed by atoms with E-state index in [4.69, 9.17) is 9.84 Å². The molecular formula is C25H31F2N3O2. The van der Waals surface area contributed by atoms with Crippen LogP contribution in [-0.4, -0.2) is 37.4 Å². The normalized spacial score (nSPS) is 20.4. The van der Waals surface area contributed by atoms with Crippen molar-refractivity contribution < 1.29 is 18.3 Å². The van der Waals surface area contributed by atoms with Gasteiger partial charge in [-0.2, -0.15) is 5.10 Å². The van der Waals surface area contributed by atoms with Gasteiger partial charge in [-0.25, -0.2) is 13.8 Å². The number of ether oxygens (including phenoxy) is 1. The zero-order valence-corrected chi connectivity index (χ0v) is 19.1. The molecule has 1 aliphatic heterocycles. The fraction of sp³-hybridized carbons (Fsp3) is 0.440. The van der Waals surface area contributed by atoms with E-state index in [1.165, 1.54) is 17.1 Å². The van der Waals surface area contributed by atoms with E-state index in [1.54, 1.807) is 14.0 Å². The number of methoxy groups -OCH3 is 1. The summed E-state index contributed by atoms with van der Waals surface area (Å²) in [5.41, 5.74) is 1.60. The number of carbonyl (C=O) groups excluding carboxylic acids is 1. The molecule has 0 bridgehead atoms. The molecule has 0 aliphatic carbocycles. The van der Waals surface area contributed by atoms with Gasteiger partial charge in [0, 0.05) is 25.6 Å². The van der Waals surface area contributed by atoms with Crippen molar-refractivity contribution in [3.05, 3.63) is 65.2 Å². The highest BCUT2D eigenvalue weighted by molar-refractivity contribution is 6.10. The van der Waals surface area contributed by atoms with Crippen LogP contribution in [0.15, 0.2) is 47.6 Å². The Morgan fingerprint density at radius 3 is 2.56 bits per heavy atom. The summed E-state index contributed by atoms with van der Waals surface area (Å²) in [6.07, 6.45) is 2.54. The van der Waals surface area contributed by atoms with Gasteiger partial charge in [0.1, 0.15) is 11.4 Å². The predicted molar refractivity (Wildman–Crippen MR) is 123 cm³/mol. The third-order valence-corrected chi connectivity index (χ3v) is 6.04. The minimum Gasteiger partial charge on any atom is -0.383 e. The number of hydrogen-bond donors (Lipinski definition) is 1. The Hall–Kier alpha value is -2.80. The predicted octanol–water partition coefficient (Wildman–Crippen LogP) is 4.83. The minimum atomic E-state index is -1.19. The van der Waals surface area contributed by atoms with Crippen LogP contribution in [0.3, 0.4) is 0 Å². The monoisotopic (exact) mass is 443 g/mol. The number of nitrogens with one attached hydrogen (secondary N) is 1. The Morgan fingerprint density at radius 2 is 1.94 bits per heavy atom. The van der Waals surface area contributed by atoms with Crippen molar-refractivity contribution in [1.82, 2.24) is 5.32 Å². The van der Waals surface area contributed by atoms with Gasteiger partial charge in [0.25, 0.3) is 0 Å². The molecule has 0 spiro atoms. The lowest BCUT2D eigenvalue weighted by Gasteiger charge is -2.37. The third kappa shape index (κ3) is 4.67. The Labute approximate surface area is 188 Å². The Bertz CT molecular complexity index is 978. The van der Waals surface area contributed by atoms with Gasteiger partial charge >= 0.3 is 0 Å². The van der Waals surface area contributed by atoms with Crippen LogP contribution in [0, 0.1) is 24.5 Å². The molecule has 2 aromatic carbocycles. The van der Waals surface area contributed by atoms with Crippen molar-refractivity contribution in [3.8, 4) is 0 Å². The van der Waals surface area contributed by atoms with Crippen LogP contribution in [0.4, 0.5) is 14.5 Å². The van der Waals surface area contributed by atoms with Gasteiger partial charge in [0.05, 0.1) is 18.0 Å². The highest BCUT2D eigenvalue weighted by Crippen LogP contribution is 2.42. The lowest BCUT2D eigenvalue weighted by atomic mass is 9.76. The lowest BCUT2D eigenvalue weighted by Crippen LogP contribution is -2.58. The summed E-state index contributed by atoms with van der Waals surface area (Å²) < 4.78 is 33.6. The van der Waals surface area contributed by atoms with Gasteiger partial charge in [-0.15, -0.1) is 0 Å². The highest BCUT2D eigenvalue weighted by Gasteiger charge is 2.53. The number of rotatable bonds is 9. The van der Waals surface area contributed by atoms with E-state index in [9.17, 15) is 13.6 Å². The molecule has 172 valence electrons. The molecule has 1 amide bonds. The van der Waals surface area contributed by atoms with Gasteiger partial charge in [0.15, 0.2) is 5.82 Å². The molecule has 32 heavy (non-hydrogen) atoms. The molecule has 0 aromatic heterocycles. The first kappa shape index (κ1) is 23.9. The second kappa shape index (κ2) is 10.2. The van der Waals surface area contributed by atoms with E-state index < -0.39 is 17.2 Å². The molecule has 0 fully saturated rings. The largest absolute Gasteiger partial charge is 0.383 e. The molecule has 1 N–H and O–H groups in total. The number of aryl methyl sites for hydroxylation is 1. The number of carbonyl (C=O) groups is 1. The highest BCUT2D eigenvalue weighted by atomic mass is 19.1. The lowest BCUT2D eigenvalue weighted by molar-refractivity contribution is -0.127. The molecule has 2 aromatic rings. The fourth-order valence-electron chi connectivity index (χ4n) is 4.16. The Balaban J connectivity index is 2.13. The second-order valence-electron chi connectivity index (χ2n) is 8.35. The van der Waals surface area contributed by atoms with E-state index in [-0.39, 0.29) is 17.5 Å². The van der Waals surface area contributed by atoms with Crippen molar-refractivity contribution in [2.45, 2.75) is 45.6 Å². The van der Waals surface area contributed by atoms with Crippen LogP contribution < -0.4 is 10.3 Å². The number of halogens is 2. The van der Waals surface area contributed by atoms with E-state index in [0.29, 0.717) is 19.6 Å². The van der Waals surface area contributed by atoms with Gasteiger partial charge in [-0.3, -0.25) is 4.79 Å². The summed E-state index contributed by atoms with van der Waals surface area (Å²) in [7, 11) is 1.56. The van der Waals surface area contributed by atoms with Crippen molar-refractivity contribution >= 4 is 17.3 Å². The number of unbranched alkanes of at least 4 members (excludes halogenated alkanes) is 1. The first-order chi connectivity index (χ1) is 15.3. The average molecular weight is 444 g/mol. The summed E-state index contributed by atoms with van der Waals surface area (Å²) in [6, 6.07) is 11.3. The Morgan fingerprint density at radius 1 is 1.22 bits per heavy atom. The second-order valence-corrected chi connectivity index (χ2v) is 8.35. The summed E-state index contributed by atoms with van der Waals surface area (Å²) in [5.74, 6) is -1.99. The van der Waals surface area contributed by atoms with E-state index in [1.807, 2.05) is 31.2 Å².